The number of benzene rings is 1. The van der Waals surface area contributed by atoms with E-state index in [-0.39, 0.29) is 11.9 Å². The van der Waals surface area contributed by atoms with Gasteiger partial charge in [0.15, 0.2) is 0 Å². The summed E-state index contributed by atoms with van der Waals surface area (Å²) in [6.45, 7) is 2.87. The largest absolute Gasteiger partial charge is 0.370 e. The number of hydrogen-bond acceptors (Lipinski definition) is 2. The molecule has 0 aromatic heterocycles. The van der Waals surface area contributed by atoms with Gasteiger partial charge in [-0.25, -0.2) is 0 Å². The first-order chi connectivity index (χ1) is 8.50. The van der Waals surface area contributed by atoms with Crippen molar-refractivity contribution in [1.82, 2.24) is 5.32 Å². The lowest BCUT2D eigenvalue weighted by atomic mass is 10.1. The number of nitrogens with one attached hydrogen (secondary N) is 1. The topological polar surface area (TPSA) is 55.1 Å². The number of amides is 1. The Morgan fingerprint density at radius 1 is 1.39 bits per heavy atom. The van der Waals surface area contributed by atoms with E-state index in [1.54, 1.807) is 6.07 Å². The monoisotopic (exact) mass is 288 g/mol. The molecule has 0 spiro atoms. The molecule has 3 N–H and O–H groups in total. The number of rotatable bonds is 7. The van der Waals surface area contributed by atoms with Crippen molar-refractivity contribution in [2.45, 2.75) is 32.2 Å². The second kappa shape index (κ2) is 7.62. The van der Waals surface area contributed by atoms with Gasteiger partial charge in [-0.05, 0) is 44.0 Å². The zero-order chi connectivity index (χ0) is 13.5. The van der Waals surface area contributed by atoms with Crippen LogP contribution in [0.5, 0.6) is 0 Å². The van der Waals surface area contributed by atoms with Crippen LogP contribution in [0.2, 0.25) is 10.0 Å². The maximum Gasteiger partial charge on any atom is 0.217 e. The van der Waals surface area contributed by atoms with E-state index < -0.39 is 0 Å². The Morgan fingerprint density at radius 2 is 2.11 bits per heavy atom. The molecule has 100 valence electrons. The maximum atomic E-state index is 10.6. The standard InChI is InChI=1S/C13H18Cl2N2O/c1-9(17-7-3-2-4-13(16)18)11-6-5-10(14)8-12(11)15/h5-6,8-9,17H,2-4,7H2,1H3,(H2,16,18). The molecule has 1 amide bonds. The molecule has 1 aromatic carbocycles. The van der Waals surface area contributed by atoms with Gasteiger partial charge in [0.05, 0.1) is 0 Å². The Hall–Kier alpha value is -0.770. The molecule has 0 saturated heterocycles. The Kier molecular flexibility index (Phi) is 6.47. The van der Waals surface area contributed by atoms with Crippen molar-refractivity contribution in [3.63, 3.8) is 0 Å². The van der Waals surface area contributed by atoms with Crippen molar-refractivity contribution in [3.05, 3.63) is 33.8 Å². The SMILES string of the molecule is CC(NCCCCC(N)=O)c1ccc(Cl)cc1Cl. The van der Waals surface area contributed by atoms with E-state index in [1.165, 1.54) is 0 Å². The Morgan fingerprint density at radius 3 is 2.72 bits per heavy atom. The third kappa shape index (κ3) is 5.25. The van der Waals surface area contributed by atoms with Crippen molar-refractivity contribution in [2.75, 3.05) is 6.54 Å². The summed E-state index contributed by atoms with van der Waals surface area (Å²) in [5.74, 6) is -0.246. The molecule has 0 radical (unpaired) electrons. The highest BCUT2D eigenvalue weighted by Gasteiger charge is 2.09. The number of carbonyl (C=O) groups excluding carboxylic acids is 1. The first kappa shape index (κ1) is 15.3. The van der Waals surface area contributed by atoms with Gasteiger partial charge in [-0.15, -0.1) is 0 Å². The number of hydrogen-bond donors (Lipinski definition) is 2. The molecule has 0 aliphatic heterocycles. The van der Waals surface area contributed by atoms with Crippen LogP contribution in [0.1, 0.15) is 37.8 Å². The summed E-state index contributed by atoms with van der Waals surface area (Å²) in [7, 11) is 0. The molecule has 0 heterocycles. The second-order valence-electron chi connectivity index (χ2n) is 4.27. The average molecular weight is 289 g/mol. The molecule has 1 atom stereocenters. The summed E-state index contributed by atoms with van der Waals surface area (Å²) in [6.07, 6.45) is 2.17. The highest BCUT2D eigenvalue weighted by Crippen LogP contribution is 2.25. The van der Waals surface area contributed by atoms with E-state index in [4.69, 9.17) is 28.9 Å². The summed E-state index contributed by atoms with van der Waals surface area (Å²) in [4.78, 5) is 10.6. The van der Waals surface area contributed by atoms with Crippen molar-refractivity contribution < 1.29 is 4.79 Å². The number of halogens is 2. The van der Waals surface area contributed by atoms with Crippen molar-refractivity contribution in [1.29, 1.82) is 0 Å². The molecule has 0 fully saturated rings. The van der Waals surface area contributed by atoms with Crippen LogP contribution in [0, 0.1) is 0 Å². The van der Waals surface area contributed by atoms with Gasteiger partial charge < -0.3 is 11.1 Å². The fraction of sp³-hybridized carbons (Fsp3) is 0.462. The highest BCUT2D eigenvalue weighted by atomic mass is 35.5. The number of unbranched alkanes of at least 4 members (excludes halogenated alkanes) is 1. The van der Waals surface area contributed by atoms with Crippen molar-refractivity contribution >= 4 is 29.1 Å². The van der Waals surface area contributed by atoms with Crippen LogP contribution in [0.4, 0.5) is 0 Å². The summed E-state index contributed by atoms with van der Waals surface area (Å²) >= 11 is 12.0. The van der Waals surface area contributed by atoms with E-state index in [9.17, 15) is 4.79 Å². The van der Waals surface area contributed by atoms with Crippen molar-refractivity contribution in [3.8, 4) is 0 Å². The van der Waals surface area contributed by atoms with Gasteiger partial charge >= 0.3 is 0 Å². The second-order valence-corrected chi connectivity index (χ2v) is 5.11. The van der Waals surface area contributed by atoms with Crippen LogP contribution in [0.15, 0.2) is 18.2 Å². The average Bonchev–Trinajstić information content (AvgIpc) is 2.27. The Balaban J connectivity index is 2.36. The minimum Gasteiger partial charge on any atom is -0.370 e. The number of carbonyl (C=O) groups is 1. The molecular formula is C13H18Cl2N2O. The van der Waals surface area contributed by atoms with Gasteiger partial charge in [-0.3, -0.25) is 4.79 Å². The van der Waals surface area contributed by atoms with Gasteiger partial charge in [0, 0.05) is 22.5 Å². The van der Waals surface area contributed by atoms with Crippen LogP contribution >= 0.6 is 23.2 Å². The highest BCUT2D eigenvalue weighted by molar-refractivity contribution is 6.35. The Bertz CT molecular complexity index is 410. The van der Waals surface area contributed by atoms with Crippen LogP contribution in [-0.2, 0) is 4.79 Å². The minimum atomic E-state index is -0.246. The van der Waals surface area contributed by atoms with E-state index >= 15 is 0 Å². The molecule has 1 unspecified atom stereocenters. The number of primary amides is 1. The van der Waals surface area contributed by atoms with E-state index in [0.717, 1.165) is 24.9 Å². The summed E-state index contributed by atoms with van der Waals surface area (Å²) in [5.41, 5.74) is 6.09. The molecule has 0 saturated carbocycles. The van der Waals surface area contributed by atoms with E-state index in [1.807, 2.05) is 19.1 Å². The fourth-order valence-corrected chi connectivity index (χ4v) is 2.28. The minimum absolute atomic E-state index is 0.156. The third-order valence-electron chi connectivity index (χ3n) is 2.73. The summed E-state index contributed by atoms with van der Waals surface area (Å²) < 4.78 is 0. The molecular weight excluding hydrogens is 271 g/mol. The van der Waals surface area contributed by atoms with Crippen molar-refractivity contribution in [2.24, 2.45) is 5.73 Å². The van der Waals surface area contributed by atoms with Crippen LogP contribution < -0.4 is 11.1 Å². The number of nitrogens with two attached hydrogens (primary N) is 1. The molecule has 5 heteroatoms. The predicted molar refractivity (Wildman–Crippen MR) is 75.9 cm³/mol. The quantitative estimate of drug-likeness (QED) is 0.757. The zero-order valence-corrected chi connectivity index (χ0v) is 11.9. The van der Waals surface area contributed by atoms with Gasteiger partial charge in [0.1, 0.15) is 0 Å². The van der Waals surface area contributed by atoms with Crippen LogP contribution in [-0.4, -0.2) is 12.5 Å². The van der Waals surface area contributed by atoms with Crippen LogP contribution in [0.3, 0.4) is 0 Å². The van der Waals surface area contributed by atoms with E-state index in [0.29, 0.717) is 16.5 Å². The first-order valence-corrected chi connectivity index (χ1v) is 6.73. The lowest BCUT2D eigenvalue weighted by molar-refractivity contribution is -0.118. The van der Waals surface area contributed by atoms with Crippen LogP contribution in [0.25, 0.3) is 0 Å². The summed E-state index contributed by atoms with van der Waals surface area (Å²) in [6, 6.07) is 5.65. The molecule has 0 bridgehead atoms. The molecule has 0 aliphatic carbocycles. The zero-order valence-electron chi connectivity index (χ0n) is 10.4. The molecule has 0 aliphatic rings. The normalized spacial score (nSPS) is 12.4. The molecule has 1 rings (SSSR count). The van der Waals surface area contributed by atoms with Gasteiger partial charge in [0.25, 0.3) is 0 Å². The molecule has 1 aromatic rings. The smallest absolute Gasteiger partial charge is 0.217 e. The maximum absolute atomic E-state index is 10.6. The van der Waals surface area contributed by atoms with Gasteiger partial charge in [0.2, 0.25) is 5.91 Å². The lowest BCUT2D eigenvalue weighted by Gasteiger charge is -2.15. The summed E-state index contributed by atoms with van der Waals surface area (Å²) in [5, 5.41) is 4.66. The molecule has 18 heavy (non-hydrogen) atoms. The van der Waals surface area contributed by atoms with E-state index in [2.05, 4.69) is 5.32 Å². The fourth-order valence-electron chi connectivity index (χ4n) is 1.71. The Labute approximate surface area is 118 Å². The van der Waals surface area contributed by atoms with Gasteiger partial charge in [-0.1, -0.05) is 29.3 Å². The molecule has 3 nitrogen and oxygen atoms in total. The lowest BCUT2D eigenvalue weighted by Crippen LogP contribution is -2.20. The van der Waals surface area contributed by atoms with Gasteiger partial charge in [-0.2, -0.15) is 0 Å². The predicted octanol–water partition coefficient (Wildman–Crippen LogP) is 3.30. The third-order valence-corrected chi connectivity index (χ3v) is 3.29. The first-order valence-electron chi connectivity index (χ1n) is 5.97.